The molecule has 6 heterocycles. The summed E-state index contributed by atoms with van der Waals surface area (Å²) < 4.78 is 13.9. The summed E-state index contributed by atoms with van der Waals surface area (Å²) in [6.07, 6.45) is 1.02. The number of hydrogen-bond acceptors (Lipinski definition) is 21. The Kier molecular flexibility index (Phi) is 85.8. The van der Waals surface area contributed by atoms with Gasteiger partial charge in [0.05, 0.1) is 69.8 Å². The van der Waals surface area contributed by atoms with Crippen LogP contribution in [0, 0.1) is 204 Å². The molecule has 12 rings (SSSR count). The predicted octanol–water partition coefficient (Wildman–Crippen LogP) is -14.8. The van der Waals surface area contributed by atoms with Gasteiger partial charge in [0.2, 0.25) is 0 Å². The number of rotatable bonds is 5. The Morgan fingerprint density at radius 1 is 0.381 bits per heavy atom. The third kappa shape index (κ3) is 43.5. The summed E-state index contributed by atoms with van der Waals surface area (Å²) in [6.45, 7) is 60.9. The number of allylic oxidation sites excluding steroid dienone is 5. The number of hydrogen-bond donors (Lipinski definition) is 0. The van der Waals surface area contributed by atoms with Crippen molar-refractivity contribution in [1.29, 1.82) is 26.3 Å². The Morgan fingerprint density at radius 2 is 0.628 bits per heavy atom. The zero-order chi connectivity index (χ0) is 73.5. The molecule has 0 unspecified atom stereocenters. The summed E-state index contributed by atoms with van der Waals surface area (Å²) in [4.78, 5) is 53.4. The third-order valence-electron chi connectivity index (χ3n) is 12.1. The van der Waals surface area contributed by atoms with Crippen LogP contribution in [-0.4, -0.2) is 25.2 Å². The Morgan fingerprint density at radius 3 is 0.903 bits per heavy atom. The van der Waals surface area contributed by atoms with Gasteiger partial charge in [-0.05, 0) is 0 Å². The fraction of sp³-hybridized carbons (Fsp3) is 0.149. The van der Waals surface area contributed by atoms with Gasteiger partial charge in [0.15, 0.2) is 0 Å². The first-order valence-corrected chi connectivity index (χ1v) is 37.8. The molecule has 0 fully saturated rings. The first-order valence-electron chi connectivity index (χ1n) is 28.0. The van der Waals surface area contributed by atoms with E-state index < -0.39 is 11.9 Å². The van der Waals surface area contributed by atoms with E-state index in [9.17, 15) is 9.59 Å². The van der Waals surface area contributed by atoms with E-state index in [0.717, 1.165) is 119 Å². The van der Waals surface area contributed by atoms with E-state index in [1.54, 1.807) is 18.2 Å². The zero-order valence-electron chi connectivity index (χ0n) is 65.6. The Balaban J connectivity index is -0.000000300. The SMILES string of the molecule is [C-]#[N+]/C(C#N)=C1/Sc2[c-]cc(C(C)(C)C)[c-]c2S1.[C-]#[N+]/C(C#N)=C1/Sc2[c-]cc(C)[c-]c2S1.[C-]#[N+]/C(C#N)=C1/Sc2[c-]cc(C)[c-]c2S1.[C-]#[N+]/C(C(=O)OCCOC(=O)C=C)=C1/Sc2[c-]cc(C)[c-]c2S1.[C-]#[N+]C(C#N)=C1Sc2[c-]c(C)c(C)[c-]c2S1.[C-]#[N+]C(C#N)=C1Sc2[c-]cc[c-]c2S1.[K+].[K+].[K+].[K+].[K+].[K+].[K+].[K+].[K+].[K+].[K+].[K+]. The number of nitrogens with zero attached hydrogens (tertiary/aromatic N) is 11. The van der Waals surface area contributed by atoms with Crippen LogP contribution >= 0.6 is 141 Å². The van der Waals surface area contributed by atoms with Gasteiger partial charge < -0.3 is 82.3 Å². The Hall–Kier alpha value is 10.7. The topological polar surface area (TPSA) is 198 Å². The summed E-state index contributed by atoms with van der Waals surface area (Å²) in [6, 6.07) is 58.6. The minimum absolute atomic E-state index is 0. The number of carbonyl (C=O) groups is 2. The molecule has 0 atom stereocenters. The molecule has 0 aromatic heterocycles. The molecular formula is C74H37K12N11O4S12. The fourth-order valence-electron chi connectivity index (χ4n) is 7.23. The number of ether oxygens (including phenoxy) is 2. The van der Waals surface area contributed by atoms with Gasteiger partial charge in [0.1, 0.15) is 13.2 Å². The molecule has 0 bridgehead atoms. The summed E-state index contributed by atoms with van der Waals surface area (Å²) in [5, 5.41) is 43.9. The first kappa shape index (κ1) is 134. The van der Waals surface area contributed by atoms with Crippen molar-refractivity contribution in [2.24, 2.45) is 0 Å². The van der Waals surface area contributed by atoms with E-state index >= 15 is 0 Å². The molecule has 0 saturated heterocycles. The van der Waals surface area contributed by atoms with Gasteiger partial charge in [-0.1, -0.05) is 32.8 Å². The maximum atomic E-state index is 12.0. The molecule has 0 spiro atoms. The van der Waals surface area contributed by atoms with E-state index in [-0.39, 0.29) is 669 Å². The normalized spacial score (nSPS) is 13.4. The second kappa shape index (κ2) is 72.1. The maximum absolute atomic E-state index is 12.0. The molecule has 6 aromatic rings. The largest absolute Gasteiger partial charge is 1.00 e. The number of thioether (sulfide) groups is 12. The Labute approximate surface area is 1230 Å². The smallest absolute Gasteiger partial charge is 0.467 e. The summed E-state index contributed by atoms with van der Waals surface area (Å²) in [7, 11) is 0. The molecule has 113 heavy (non-hydrogen) atoms. The summed E-state index contributed by atoms with van der Waals surface area (Å²) in [5.74, 6) is -1.34. The van der Waals surface area contributed by atoms with Gasteiger partial charge in [-0.3, -0.25) is 74.6 Å². The third-order valence-corrected chi connectivity index (χ3v) is 26.7. The van der Waals surface area contributed by atoms with Crippen molar-refractivity contribution >= 4 is 153 Å². The first-order chi connectivity index (χ1) is 48.5. The average Bonchev–Trinajstić information content (AvgIpc) is 1.72. The number of aryl methyl sites for hydroxylation is 5. The van der Waals surface area contributed by atoms with Gasteiger partial charge >= 0.3 is 629 Å². The number of esters is 2. The van der Waals surface area contributed by atoms with E-state index in [1.807, 2.05) is 83.2 Å². The van der Waals surface area contributed by atoms with Crippen LogP contribution in [0.5, 0.6) is 0 Å². The van der Waals surface area contributed by atoms with E-state index in [1.165, 1.54) is 141 Å². The average molecular weight is 2000 g/mol. The number of carbonyl (C=O) groups excluding carboxylic acids is 2. The van der Waals surface area contributed by atoms with Crippen molar-refractivity contribution in [3.05, 3.63) is 283 Å². The molecule has 0 aliphatic carbocycles. The molecule has 39 heteroatoms. The molecule has 6 aliphatic heterocycles. The van der Waals surface area contributed by atoms with Gasteiger partial charge in [-0.25, -0.2) is 119 Å². The Bertz CT molecular complexity index is 4940. The van der Waals surface area contributed by atoms with Crippen molar-refractivity contribution in [3.8, 4) is 30.3 Å². The number of nitriles is 5. The van der Waals surface area contributed by atoms with Gasteiger partial charge in [-0.15, -0.1) is 34.6 Å². The van der Waals surface area contributed by atoms with Crippen LogP contribution in [-0.2, 0) is 24.5 Å². The van der Waals surface area contributed by atoms with Gasteiger partial charge in [0, 0.05) is 31.5 Å². The second-order valence-electron chi connectivity index (χ2n) is 20.2. The van der Waals surface area contributed by atoms with Crippen LogP contribution in [0.1, 0.15) is 54.2 Å². The molecule has 0 saturated carbocycles. The van der Waals surface area contributed by atoms with Crippen molar-refractivity contribution in [2.75, 3.05) is 13.2 Å². The molecule has 15 nitrogen and oxygen atoms in total. The van der Waals surface area contributed by atoms with Crippen molar-refractivity contribution in [2.45, 2.75) is 120 Å². The quantitative estimate of drug-likeness (QED) is 0.0394. The van der Waals surface area contributed by atoms with Crippen LogP contribution in [0.2, 0.25) is 0 Å². The zero-order valence-corrected chi connectivity index (χ0v) is 113. The van der Waals surface area contributed by atoms with Crippen molar-refractivity contribution in [3.63, 3.8) is 0 Å². The fourth-order valence-corrected chi connectivity index (χ4v) is 21.0. The monoisotopic (exact) mass is 1990 g/mol. The summed E-state index contributed by atoms with van der Waals surface area (Å²) >= 11 is 16.9. The van der Waals surface area contributed by atoms with Crippen LogP contribution in [0.3, 0.4) is 0 Å². The minimum atomic E-state index is -0.741. The van der Waals surface area contributed by atoms with Crippen molar-refractivity contribution < 1.29 is 636 Å². The van der Waals surface area contributed by atoms with E-state index in [2.05, 4.69) is 129 Å². The molecule has 0 N–H and O–H groups in total. The summed E-state index contributed by atoms with van der Waals surface area (Å²) in [5.41, 5.74) is 6.90. The predicted molar refractivity (Wildman–Crippen MR) is 399 cm³/mol. The molecule has 0 amide bonds. The molecular weight excluding hydrogens is 1960 g/mol. The maximum Gasteiger partial charge on any atom is 1.00 e. The molecule has 6 aliphatic rings. The number of benzene rings is 6. The van der Waals surface area contributed by atoms with Crippen LogP contribution in [0.15, 0.2) is 167 Å². The number of fused-ring (bicyclic) bond motifs is 6. The van der Waals surface area contributed by atoms with Crippen LogP contribution in [0.4, 0.5) is 0 Å². The minimum Gasteiger partial charge on any atom is -0.467 e. The van der Waals surface area contributed by atoms with Crippen molar-refractivity contribution in [1.82, 2.24) is 0 Å². The van der Waals surface area contributed by atoms with E-state index in [0.29, 0.717) is 4.24 Å². The van der Waals surface area contributed by atoms with E-state index in [4.69, 9.17) is 75.2 Å². The molecule has 0 radical (unpaired) electrons. The molecule has 6 aromatic carbocycles. The van der Waals surface area contributed by atoms with Gasteiger partial charge in [-0.2, -0.15) is 141 Å². The van der Waals surface area contributed by atoms with Gasteiger partial charge in [0.25, 0.3) is 34.2 Å². The second-order valence-corrected chi connectivity index (χ2v) is 34.0. The van der Waals surface area contributed by atoms with Crippen LogP contribution in [0.25, 0.3) is 29.1 Å². The standard InChI is InChI=1S/C16H11NO4S2.C14H10N2S2.C12H6N2S2.2C11H4N2S2.C10H2N2S2.12K/c1-4-13(18)20-7-8-21-15(19)14(17-3)16-22-11-6-5-10(2)9-12(11)23-16;1-14(2,3)9-5-6-11-12(7-9)18-13(17-11)10(8-15)16-4;1-7-4-10-11(5-8(7)2)16-12(15-10)9(6-13)14-3;2*1-7-3-4-9-10(5-7)15-11(14-9)8(6-12)13-2;1-12-7(6-11)10-13-8-4-2-3-5-9(8)14-10;;;;;;;;;;;;/h4-5H,1,7-8H2,2H3;5H,1-3H3;1-2H3;2*3H,1H3;2-3H;;;;;;;;;;;;/q6*-2;12*+1/b16-14-;13-10-;;2*11-8-;;;;;;;;;;;;;. The van der Waals surface area contributed by atoms with Crippen LogP contribution < -0.4 is 617 Å². The molecule has 496 valence electrons.